The summed E-state index contributed by atoms with van der Waals surface area (Å²) in [4.78, 5) is 25.8. The van der Waals surface area contributed by atoms with Crippen molar-refractivity contribution in [2.75, 3.05) is 13.1 Å². The largest absolute Gasteiger partial charge is 0.382 e. The Kier molecular flexibility index (Phi) is 7.40. The highest BCUT2D eigenvalue weighted by Crippen LogP contribution is 2.19. The normalized spacial score (nSPS) is 21.8. The molecule has 1 heterocycles. The van der Waals surface area contributed by atoms with Gasteiger partial charge in [0.1, 0.15) is 12.2 Å². The van der Waals surface area contributed by atoms with E-state index in [9.17, 15) is 14.7 Å². The lowest BCUT2D eigenvalue weighted by atomic mass is 10.1. The third kappa shape index (κ3) is 5.41. The van der Waals surface area contributed by atoms with Crippen LogP contribution in [0.5, 0.6) is 0 Å². The number of ether oxygens (including phenoxy) is 1. The van der Waals surface area contributed by atoms with Crippen molar-refractivity contribution < 1.29 is 19.4 Å². The number of nitrogens with one attached hydrogen (secondary N) is 1. The second-order valence-corrected chi connectivity index (χ2v) is 6.75. The number of nitrogens with two attached hydrogens (primary N) is 1. The Bertz CT molecular complexity index is 612. The molecule has 4 N–H and O–H groups in total. The van der Waals surface area contributed by atoms with Crippen LogP contribution in [0.1, 0.15) is 24.8 Å². The Morgan fingerprint density at radius 3 is 2.65 bits per heavy atom. The monoisotopic (exact) mass is 383 g/mol. The van der Waals surface area contributed by atoms with Crippen LogP contribution >= 0.6 is 12.4 Å². The van der Waals surface area contributed by atoms with Gasteiger partial charge in [-0.2, -0.15) is 0 Å². The minimum absolute atomic E-state index is 0. The van der Waals surface area contributed by atoms with Gasteiger partial charge in [0, 0.05) is 25.6 Å². The summed E-state index contributed by atoms with van der Waals surface area (Å²) in [5.74, 6) is -0.597. The molecular weight excluding hydrogens is 358 g/mol. The summed E-state index contributed by atoms with van der Waals surface area (Å²) < 4.78 is 5.71. The van der Waals surface area contributed by atoms with Gasteiger partial charge in [0.2, 0.25) is 0 Å². The van der Waals surface area contributed by atoms with Crippen LogP contribution in [0.4, 0.5) is 0 Å². The van der Waals surface area contributed by atoms with Crippen LogP contribution in [-0.4, -0.2) is 59.2 Å². The lowest BCUT2D eigenvalue weighted by Crippen LogP contribution is -2.52. The molecular formula is C18H26ClN3O4. The number of carbonyl (C=O) groups is 2. The Hall–Kier alpha value is -1.67. The number of likely N-dealkylation sites (tertiary alicyclic amines) is 1. The number of nitrogens with zero attached hydrogens (tertiary/aromatic N) is 1. The van der Waals surface area contributed by atoms with Crippen molar-refractivity contribution in [1.82, 2.24) is 10.2 Å². The summed E-state index contributed by atoms with van der Waals surface area (Å²) >= 11 is 0. The number of rotatable bonds is 8. The number of hydrogen-bond donors (Lipinski definition) is 3. The van der Waals surface area contributed by atoms with E-state index in [0.29, 0.717) is 19.6 Å². The maximum absolute atomic E-state index is 12.4. The van der Waals surface area contributed by atoms with Gasteiger partial charge in [-0.1, -0.05) is 30.3 Å². The first kappa shape index (κ1) is 20.6. The van der Waals surface area contributed by atoms with E-state index >= 15 is 0 Å². The molecule has 0 radical (unpaired) electrons. The Morgan fingerprint density at radius 1 is 1.31 bits per heavy atom. The van der Waals surface area contributed by atoms with Crippen LogP contribution in [0.25, 0.3) is 0 Å². The minimum Gasteiger partial charge on any atom is -0.382 e. The molecule has 0 aromatic heterocycles. The third-order valence-corrected chi connectivity index (χ3v) is 4.57. The van der Waals surface area contributed by atoms with Gasteiger partial charge in [-0.15, -0.1) is 12.4 Å². The first-order chi connectivity index (χ1) is 12.0. The predicted molar refractivity (Wildman–Crippen MR) is 98.6 cm³/mol. The molecule has 1 aromatic rings. The van der Waals surface area contributed by atoms with Gasteiger partial charge in [-0.3, -0.25) is 9.59 Å². The third-order valence-electron chi connectivity index (χ3n) is 4.57. The van der Waals surface area contributed by atoms with E-state index in [1.54, 1.807) is 4.90 Å². The number of amides is 2. The van der Waals surface area contributed by atoms with Crippen LogP contribution in [-0.2, 0) is 20.9 Å². The van der Waals surface area contributed by atoms with Crippen molar-refractivity contribution in [2.45, 2.75) is 50.2 Å². The number of aliphatic hydroxyl groups excluding tert-OH is 1. The zero-order chi connectivity index (χ0) is 17.8. The molecule has 0 spiro atoms. The molecule has 1 saturated heterocycles. The molecule has 3 rings (SSSR count). The Labute approximate surface area is 159 Å². The second-order valence-electron chi connectivity index (χ2n) is 6.75. The van der Waals surface area contributed by atoms with Crippen molar-refractivity contribution in [3.8, 4) is 0 Å². The average Bonchev–Trinajstić information content (AvgIpc) is 3.37. The Balaban J connectivity index is 0.00000243. The van der Waals surface area contributed by atoms with E-state index in [2.05, 4.69) is 5.32 Å². The highest BCUT2D eigenvalue weighted by atomic mass is 35.5. The van der Waals surface area contributed by atoms with E-state index in [1.165, 1.54) is 0 Å². The van der Waals surface area contributed by atoms with Crippen LogP contribution < -0.4 is 11.1 Å². The lowest BCUT2D eigenvalue weighted by Gasteiger charge is -2.24. The first-order valence-corrected chi connectivity index (χ1v) is 8.73. The van der Waals surface area contributed by atoms with Gasteiger partial charge >= 0.3 is 0 Å². The molecule has 8 heteroatoms. The van der Waals surface area contributed by atoms with Crippen LogP contribution in [0.15, 0.2) is 30.3 Å². The molecule has 2 amide bonds. The van der Waals surface area contributed by atoms with Crippen molar-refractivity contribution in [3.63, 3.8) is 0 Å². The standard InChI is InChI=1S/C18H25N3O4.ClH/c19-14(16(22)17(23)20-13-6-7-13)10-21-9-8-15(18(21)24)25-11-12-4-2-1-3-5-12;/h1-5,13-16,22H,6-11,19H2,(H,20,23);1H/t14?,15-,16?;/m0./s1. The van der Waals surface area contributed by atoms with Crippen molar-refractivity contribution in [1.29, 1.82) is 0 Å². The van der Waals surface area contributed by atoms with Gasteiger partial charge in [-0.25, -0.2) is 0 Å². The molecule has 3 atom stereocenters. The molecule has 0 bridgehead atoms. The van der Waals surface area contributed by atoms with E-state index in [0.717, 1.165) is 18.4 Å². The summed E-state index contributed by atoms with van der Waals surface area (Å²) in [6.45, 7) is 1.04. The fraction of sp³-hybridized carbons (Fsp3) is 0.556. The van der Waals surface area contributed by atoms with Gasteiger partial charge in [-0.05, 0) is 18.4 Å². The molecule has 2 fully saturated rings. The number of carbonyl (C=O) groups excluding carboxylic acids is 2. The van der Waals surface area contributed by atoms with E-state index in [-0.39, 0.29) is 30.9 Å². The zero-order valence-corrected chi connectivity index (χ0v) is 15.4. The van der Waals surface area contributed by atoms with Gasteiger partial charge < -0.3 is 25.8 Å². The maximum Gasteiger partial charge on any atom is 0.251 e. The van der Waals surface area contributed by atoms with E-state index < -0.39 is 24.2 Å². The summed E-state index contributed by atoms with van der Waals surface area (Å²) in [5.41, 5.74) is 6.93. The average molecular weight is 384 g/mol. The molecule has 1 aliphatic heterocycles. The molecule has 1 saturated carbocycles. The van der Waals surface area contributed by atoms with Crippen LogP contribution in [0.3, 0.4) is 0 Å². The van der Waals surface area contributed by atoms with Gasteiger partial charge in [0.05, 0.1) is 12.6 Å². The summed E-state index contributed by atoms with van der Waals surface area (Å²) in [7, 11) is 0. The topological polar surface area (TPSA) is 105 Å². The number of hydrogen-bond acceptors (Lipinski definition) is 5. The van der Waals surface area contributed by atoms with E-state index in [1.807, 2.05) is 30.3 Å². The minimum atomic E-state index is -1.31. The highest BCUT2D eigenvalue weighted by Gasteiger charge is 2.36. The molecule has 2 aliphatic rings. The highest BCUT2D eigenvalue weighted by molar-refractivity contribution is 5.85. The summed E-state index contributed by atoms with van der Waals surface area (Å²) in [6.07, 6.45) is 0.669. The SMILES string of the molecule is Cl.NC(CN1CC[C@H](OCc2ccccc2)C1=O)C(O)C(=O)NC1CC1. The van der Waals surface area contributed by atoms with Crippen molar-refractivity contribution in [2.24, 2.45) is 5.73 Å². The molecule has 2 unspecified atom stereocenters. The first-order valence-electron chi connectivity index (χ1n) is 8.73. The van der Waals surface area contributed by atoms with Crippen LogP contribution in [0, 0.1) is 0 Å². The van der Waals surface area contributed by atoms with E-state index in [4.69, 9.17) is 10.5 Å². The molecule has 1 aromatic carbocycles. The fourth-order valence-corrected chi connectivity index (χ4v) is 2.88. The second kappa shape index (κ2) is 9.32. The molecule has 7 nitrogen and oxygen atoms in total. The maximum atomic E-state index is 12.4. The van der Waals surface area contributed by atoms with Crippen molar-refractivity contribution in [3.05, 3.63) is 35.9 Å². The van der Waals surface area contributed by atoms with Gasteiger partial charge in [0.25, 0.3) is 11.8 Å². The van der Waals surface area contributed by atoms with Crippen LogP contribution in [0.2, 0.25) is 0 Å². The lowest BCUT2D eigenvalue weighted by molar-refractivity contribution is -0.139. The summed E-state index contributed by atoms with van der Waals surface area (Å²) in [5, 5.41) is 12.7. The molecule has 1 aliphatic carbocycles. The predicted octanol–water partition coefficient (Wildman–Crippen LogP) is 0.193. The fourth-order valence-electron chi connectivity index (χ4n) is 2.88. The van der Waals surface area contributed by atoms with Crippen molar-refractivity contribution >= 4 is 24.2 Å². The zero-order valence-electron chi connectivity index (χ0n) is 14.5. The molecule has 26 heavy (non-hydrogen) atoms. The quantitative estimate of drug-likeness (QED) is 0.594. The summed E-state index contributed by atoms with van der Waals surface area (Å²) in [6, 6.07) is 9.03. The number of benzene rings is 1. The Morgan fingerprint density at radius 2 is 2.00 bits per heavy atom. The molecule has 144 valence electrons. The smallest absolute Gasteiger partial charge is 0.251 e. The van der Waals surface area contributed by atoms with Gasteiger partial charge in [0.15, 0.2) is 0 Å². The number of aliphatic hydroxyl groups is 1. The number of halogens is 1.